The molecule has 0 fully saturated rings. The molecule has 10 heteroatoms. The van der Waals surface area contributed by atoms with Crippen LogP contribution >= 0.6 is 11.6 Å². The van der Waals surface area contributed by atoms with Gasteiger partial charge in [0.25, 0.3) is 5.91 Å². The Morgan fingerprint density at radius 3 is 2.61 bits per heavy atom. The Bertz CT molecular complexity index is 1100. The number of ether oxygens (including phenoxy) is 1. The van der Waals surface area contributed by atoms with E-state index in [1.54, 1.807) is 49.0 Å². The van der Waals surface area contributed by atoms with Gasteiger partial charge in [-0.25, -0.2) is 14.5 Å². The van der Waals surface area contributed by atoms with E-state index in [1.807, 2.05) is 13.0 Å². The minimum atomic E-state index is -0.491. The first-order valence-electron chi connectivity index (χ1n) is 9.72. The Hall–Kier alpha value is -3.59. The van der Waals surface area contributed by atoms with Crippen LogP contribution in [0.5, 0.6) is 0 Å². The van der Waals surface area contributed by atoms with Gasteiger partial charge in [0.15, 0.2) is 5.69 Å². The number of rotatable bonds is 8. The first-order chi connectivity index (χ1) is 15.0. The molecule has 0 unspecified atom stereocenters. The molecule has 1 aromatic carbocycles. The molecule has 31 heavy (non-hydrogen) atoms. The summed E-state index contributed by atoms with van der Waals surface area (Å²) in [6, 6.07) is 10.4. The average Bonchev–Trinajstić information content (AvgIpc) is 3.19. The van der Waals surface area contributed by atoms with E-state index in [1.165, 1.54) is 6.20 Å². The summed E-state index contributed by atoms with van der Waals surface area (Å²) in [6.45, 7) is 4.46. The number of hydrogen-bond donors (Lipinski definition) is 3. The molecule has 0 aliphatic heterocycles. The fourth-order valence-corrected chi connectivity index (χ4v) is 3.02. The molecule has 0 saturated carbocycles. The molecule has 3 aromatic rings. The number of hydrogen-bond acceptors (Lipinski definition) is 7. The predicted octanol–water partition coefficient (Wildman–Crippen LogP) is 3.97. The van der Waals surface area contributed by atoms with Crippen LogP contribution in [0.3, 0.4) is 0 Å². The highest BCUT2D eigenvalue weighted by Crippen LogP contribution is 2.30. The van der Waals surface area contributed by atoms with Crippen LogP contribution in [0, 0.1) is 0 Å². The van der Waals surface area contributed by atoms with Gasteiger partial charge < -0.3 is 20.7 Å². The molecule has 0 radical (unpaired) electrons. The summed E-state index contributed by atoms with van der Waals surface area (Å²) in [5.41, 5.74) is 1.85. The maximum absolute atomic E-state index is 12.1. The minimum absolute atomic E-state index is 0.206. The largest absolute Gasteiger partial charge is 0.461 e. The van der Waals surface area contributed by atoms with Gasteiger partial charge in [0.05, 0.1) is 34.8 Å². The third-order valence-electron chi connectivity index (χ3n) is 4.34. The molecule has 3 N–H and O–H groups in total. The lowest BCUT2D eigenvalue weighted by Crippen LogP contribution is -2.19. The zero-order chi connectivity index (χ0) is 22.4. The van der Waals surface area contributed by atoms with Gasteiger partial charge in [0, 0.05) is 25.7 Å². The number of carbonyl (C=O) groups excluding carboxylic acids is 2. The first-order valence-corrected chi connectivity index (χ1v) is 10.1. The lowest BCUT2D eigenvalue weighted by molar-refractivity contribution is 0.0518. The van der Waals surface area contributed by atoms with Crippen LogP contribution in [-0.2, 0) is 11.3 Å². The van der Waals surface area contributed by atoms with Gasteiger partial charge in [-0.05, 0) is 26.0 Å². The molecule has 0 bridgehead atoms. The van der Waals surface area contributed by atoms with Crippen molar-refractivity contribution >= 4 is 46.5 Å². The van der Waals surface area contributed by atoms with Crippen molar-refractivity contribution in [3.8, 4) is 0 Å². The second-order valence-corrected chi connectivity index (χ2v) is 6.78. The van der Waals surface area contributed by atoms with Gasteiger partial charge in [-0.15, -0.1) is 0 Å². The summed E-state index contributed by atoms with van der Waals surface area (Å²) < 4.78 is 6.65. The van der Waals surface area contributed by atoms with Crippen molar-refractivity contribution in [2.45, 2.75) is 20.4 Å². The normalized spacial score (nSPS) is 10.5. The Morgan fingerprint density at radius 2 is 1.90 bits per heavy atom. The van der Waals surface area contributed by atoms with Crippen molar-refractivity contribution in [3.63, 3.8) is 0 Å². The molecule has 2 heterocycles. The van der Waals surface area contributed by atoms with Crippen LogP contribution in [0.4, 0.5) is 23.0 Å². The summed E-state index contributed by atoms with van der Waals surface area (Å²) in [7, 11) is 1.57. The summed E-state index contributed by atoms with van der Waals surface area (Å²) in [6.07, 6.45) is 1.49. The van der Waals surface area contributed by atoms with Crippen LogP contribution in [0.1, 0.15) is 34.7 Å². The van der Waals surface area contributed by atoms with Crippen molar-refractivity contribution in [2.75, 3.05) is 24.3 Å². The van der Waals surface area contributed by atoms with Crippen molar-refractivity contribution in [1.82, 2.24) is 20.1 Å². The van der Waals surface area contributed by atoms with Crippen LogP contribution in [-0.4, -0.2) is 40.3 Å². The van der Waals surface area contributed by atoms with E-state index < -0.39 is 5.97 Å². The van der Waals surface area contributed by atoms with Gasteiger partial charge in [-0.3, -0.25) is 4.79 Å². The monoisotopic (exact) mass is 442 g/mol. The molecule has 1 amide bonds. The standard InChI is InChI=1S/C21H23ClN6O3/c1-4-28-19(11-17(27-28)21(30)31-5-2)26-18-10-16(14(22)12-24-18)25-15-9-7-6-8-13(15)20(29)23-3/h6-12H,4-5H2,1-3H3,(H,23,29)(H2,24,25,26). The summed E-state index contributed by atoms with van der Waals surface area (Å²) in [5.74, 6) is 0.353. The molecule has 0 spiro atoms. The molecule has 3 rings (SSSR count). The Morgan fingerprint density at radius 1 is 1.13 bits per heavy atom. The second kappa shape index (κ2) is 9.94. The van der Waals surface area contributed by atoms with Crippen LogP contribution in [0.2, 0.25) is 5.02 Å². The van der Waals surface area contributed by atoms with Crippen molar-refractivity contribution in [1.29, 1.82) is 0 Å². The highest BCUT2D eigenvalue weighted by molar-refractivity contribution is 6.33. The summed E-state index contributed by atoms with van der Waals surface area (Å²) in [4.78, 5) is 28.4. The van der Waals surface area contributed by atoms with Gasteiger partial charge in [-0.2, -0.15) is 5.10 Å². The molecule has 0 aliphatic carbocycles. The molecular formula is C21H23ClN6O3. The average molecular weight is 443 g/mol. The van der Waals surface area contributed by atoms with E-state index in [0.29, 0.717) is 40.1 Å². The van der Waals surface area contributed by atoms with Gasteiger partial charge in [-0.1, -0.05) is 23.7 Å². The number of nitrogens with one attached hydrogen (secondary N) is 3. The highest BCUT2D eigenvalue weighted by Gasteiger charge is 2.16. The number of aromatic nitrogens is 3. The van der Waals surface area contributed by atoms with Crippen molar-refractivity contribution < 1.29 is 14.3 Å². The second-order valence-electron chi connectivity index (χ2n) is 6.38. The van der Waals surface area contributed by atoms with Gasteiger partial charge in [0.1, 0.15) is 11.6 Å². The Balaban J connectivity index is 1.88. The molecule has 0 aliphatic rings. The zero-order valence-electron chi connectivity index (χ0n) is 17.4. The number of anilines is 4. The van der Waals surface area contributed by atoms with Crippen LogP contribution in [0.15, 0.2) is 42.6 Å². The van der Waals surface area contributed by atoms with Gasteiger partial charge >= 0.3 is 5.97 Å². The maximum atomic E-state index is 12.1. The molecule has 0 saturated heterocycles. The highest BCUT2D eigenvalue weighted by atomic mass is 35.5. The fraction of sp³-hybridized carbons (Fsp3) is 0.238. The Labute approximate surface area is 184 Å². The van der Waals surface area contributed by atoms with E-state index in [4.69, 9.17) is 16.3 Å². The van der Waals surface area contributed by atoms with Crippen LogP contribution < -0.4 is 16.0 Å². The van der Waals surface area contributed by atoms with E-state index in [-0.39, 0.29) is 18.2 Å². The molecule has 0 atom stereocenters. The number of pyridine rings is 1. The summed E-state index contributed by atoms with van der Waals surface area (Å²) >= 11 is 6.32. The van der Waals surface area contributed by atoms with E-state index >= 15 is 0 Å². The van der Waals surface area contributed by atoms with E-state index in [9.17, 15) is 9.59 Å². The number of halogens is 1. The molecule has 162 valence electrons. The number of carbonyl (C=O) groups is 2. The Kier molecular flexibility index (Phi) is 7.09. The number of para-hydroxylation sites is 1. The number of esters is 1. The maximum Gasteiger partial charge on any atom is 0.358 e. The predicted molar refractivity (Wildman–Crippen MR) is 120 cm³/mol. The SMILES string of the molecule is CCOC(=O)c1cc(Nc2cc(Nc3ccccc3C(=O)NC)c(Cl)cn2)n(CC)n1. The lowest BCUT2D eigenvalue weighted by atomic mass is 10.1. The number of amides is 1. The smallest absolute Gasteiger partial charge is 0.358 e. The number of nitrogens with zero attached hydrogens (tertiary/aromatic N) is 3. The molecule has 9 nitrogen and oxygen atoms in total. The lowest BCUT2D eigenvalue weighted by Gasteiger charge is -2.14. The fourth-order valence-electron chi connectivity index (χ4n) is 2.87. The number of benzene rings is 1. The van der Waals surface area contributed by atoms with E-state index in [2.05, 4.69) is 26.0 Å². The quantitative estimate of drug-likeness (QED) is 0.452. The minimum Gasteiger partial charge on any atom is -0.461 e. The molecule has 2 aromatic heterocycles. The molecular weight excluding hydrogens is 420 g/mol. The van der Waals surface area contributed by atoms with Crippen molar-refractivity contribution in [3.05, 3.63) is 58.9 Å². The van der Waals surface area contributed by atoms with Gasteiger partial charge in [0.2, 0.25) is 0 Å². The summed E-state index contributed by atoms with van der Waals surface area (Å²) in [5, 5.41) is 13.6. The third-order valence-corrected chi connectivity index (χ3v) is 4.64. The first kappa shape index (κ1) is 22.1. The zero-order valence-corrected chi connectivity index (χ0v) is 18.2. The van der Waals surface area contributed by atoms with Crippen LogP contribution in [0.25, 0.3) is 0 Å². The van der Waals surface area contributed by atoms with Crippen molar-refractivity contribution in [2.24, 2.45) is 0 Å². The van der Waals surface area contributed by atoms with E-state index in [0.717, 1.165) is 0 Å². The topological polar surface area (TPSA) is 110 Å². The number of aryl methyl sites for hydroxylation is 1. The third kappa shape index (κ3) is 5.13.